The van der Waals surface area contributed by atoms with E-state index in [1.54, 1.807) is 36.1 Å². The molecular weight excluding hydrogens is 717 g/mol. The summed E-state index contributed by atoms with van der Waals surface area (Å²) in [5.74, 6) is -1.12. The zero-order chi connectivity index (χ0) is 36.5. The van der Waals surface area contributed by atoms with Gasteiger partial charge in [-0.05, 0) is 48.7 Å². The number of hydrogen-bond acceptors (Lipinski definition) is 9. The maximum Gasteiger partial charge on any atom is 0.416 e. The van der Waals surface area contributed by atoms with Crippen molar-refractivity contribution >= 4 is 56.4 Å². The van der Waals surface area contributed by atoms with Crippen LogP contribution in [0.1, 0.15) is 40.8 Å². The van der Waals surface area contributed by atoms with E-state index in [2.05, 4.69) is 20.1 Å². The van der Waals surface area contributed by atoms with Crippen LogP contribution in [0.4, 0.5) is 24.5 Å². The van der Waals surface area contributed by atoms with Gasteiger partial charge in [-0.1, -0.05) is 42.8 Å². The number of carbonyl (C=O) groups is 2. The fourth-order valence-electron chi connectivity index (χ4n) is 5.90. The van der Waals surface area contributed by atoms with Crippen molar-refractivity contribution in [2.45, 2.75) is 32.5 Å². The van der Waals surface area contributed by atoms with Crippen LogP contribution >= 0.6 is 11.6 Å². The minimum Gasteiger partial charge on any atom is -0.377 e. The van der Waals surface area contributed by atoms with Crippen molar-refractivity contribution < 1.29 is 35.9 Å². The standard InChI is InChI=1S/C32H32ClF3N8O6S/c1-2-25-27(41-12-14-42(15-13-41)51(48,49)40-29(46)21-6-4-3-5-7-21)30(47)44-31(38-28(39-44)20-10-16-50-17-11-20)43(25)19-26(45)37-24-9-8-22(18-23(24)33)32(34,35)36/h3-10,18H,2,11-17,19H2,1H3,(H,37,45)(H,40,46). The van der Waals surface area contributed by atoms with E-state index in [9.17, 15) is 36.0 Å². The van der Waals surface area contributed by atoms with E-state index in [0.717, 1.165) is 26.5 Å². The van der Waals surface area contributed by atoms with Crippen LogP contribution in [0.5, 0.6) is 0 Å². The smallest absolute Gasteiger partial charge is 0.377 e. The van der Waals surface area contributed by atoms with E-state index in [1.165, 1.54) is 16.7 Å². The zero-order valence-electron chi connectivity index (χ0n) is 27.1. The summed E-state index contributed by atoms with van der Waals surface area (Å²) < 4.78 is 76.9. The Kier molecular flexibility index (Phi) is 10.2. The Bertz CT molecular complexity index is 2180. The molecule has 0 unspecified atom stereocenters. The molecular formula is C32H32ClF3N8O6S. The summed E-state index contributed by atoms with van der Waals surface area (Å²) in [4.78, 5) is 46.5. The number of carbonyl (C=O) groups excluding carboxylic acids is 2. The maximum atomic E-state index is 14.1. The lowest BCUT2D eigenvalue weighted by Gasteiger charge is -2.36. The van der Waals surface area contributed by atoms with Crippen molar-refractivity contribution in [1.82, 2.24) is 28.2 Å². The van der Waals surface area contributed by atoms with E-state index in [4.69, 9.17) is 16.3 Å². The lowest BCUT2D eigenvalue weighted by atomic mass is 10.1. The first-order valence-corrected chi connectivity index (χ1v) is 17.7. The molecule has 2 N–H and O–H groups in total. The van der Waals surface area contributed by atoms with Gasteiger partial charge in [0.2, 0.25) is 11.7 Å². The average Bonchev–Trinajstić information content (AvgIpc) is 3.57. The van der Waals surface area contributed by atoms with Gasteiger partial charge < -0.3 is 19.5 Å². The molecule has 2 aliphatic heterocycles. The molecule has 0 aliphatic carbocycles. The number of aromatic nitrogens is 4. The summed E-state index contributed by atoms with van der Waals surface area (Å²) >= 11 is 6.09. The quantitative estimate of drug-likeness (QED) is 0.262. The molecule has 1 saturated heterocycles. The second-order valence-corrected chi connectivity index (χ2v) is 13.7. The van der Waals surface area contributed by atoms with Crippen LogP contribution in [0.3, 0.4) is 0 Å². The third-order valence-electron chi connectivity index (χ3n) is 8.44. The van der Waals surface area contributed by atoms with Crippen molar-refractivity contribution in [3.63, 3.8) is 0 Å². The molecule has 4 aromatic rings. The highest BCUT2D eigenvalue weighted by Gasteiger charge is 2.33. The molecule has 0 radical (unpaired) electrons. The topological polar surface area (TPSA) is 160 Å². The zero-order valence-corrected chi connectivity index (χ0v) is 28.7. The number of ether oxygens (including phenoxy) is 1. The second-order valence-electron chi connectivity index (χ2n) is 11.7. The van der Waals surface area contributed by atoms with Crippen LogP contribution in [0.25, 0.3) is 11.4 Å². The minimum atomic E-state index is -4.63. The summed E-state index contributed by atoms with van der Waals surface area (Å²) in [7, 11) is -4.22. The van der Waals surface area contributed by atoms with Gasteiger partial charge >= 0.3 is 16.4 Å². The number of hydrogen-bond donors (Lipinski definition) is 2. The number of alkyl halides is 3. The Morgan fingerprint density at radius 2 is 1.78 bits per heavy atom. The Balaban J connectivity index is 1.32. The van der Waals surface area contributed by atoms with E-state index in [0.29, 0.717) is 31.4 Å². The third-order valence-corrected chi connectivity index (χ3v) is 10.2. The van der Waals surface area contributed by atoms with Gasteiger partial charge in [0, 0.05) is 31.7 Å². The average molecular weight is 749 g/mol. The molecule has 19 heteroatoms. The lowest BCUT2D eigenvalue weighted by molar-refractivity contribution is -0.137. The number of amides is 2. The molecule has 0 atom stereocenters. The van der Waals surface area contributed by atoms with Crippen molar-refractivity contribution in [2.75, 3.05) is 49.6 Å². The highest BCUT2D eigenvalue weighted by Crippen LogP contribution is 2.34. The summed E-state index contributed by atoms with van der Waals surface area (Å²) in [5.41, 5.74) is -0.0683. The maximum absolute atomic E-state index is 14.1. The fraction of sp³-hybridized carbons (Fsp3) is 0.344. The summed E-state index contributed by atoms with van der Waals surface area (Å²) in [6, 6.07) is 10.5. The van der Waals surface area contributed by atoms with Gasteiger partial charge in [0.15, 0.2) is 5.82 Å². The molecule has 1 fully saturated rings. The molecule has 2 aromatic heterocycles. The molecule has 14 nitrogen and oxygen atoms in total. The largest absolute Gasteiger partial charge is 0.416 e. The predicted octanol–water partition coefficient (Wildman–Crippen LogP) is 3.36. The minimum absolute atomic E-state index is 0.0452. The first-order valence-electron chi connectivity index (χ1n) is 15.8. The van der Waals surface area contributed by atoms with Crippen LogP contribution in [-0.2, 0) is 38.9 Å². The Morgan fingerprint density at radius 1 is 1.06 bits per heavy atom. The van der Waals surface area contributed by atoms with E-state index >= 15 is 0 Å². The number of nitrogens with zero attached hydrogens (tertiary/aromatic N) is 6. The normalized spacial score (nSPS) is 15.9. The number of halogens is 4. The summed E-state index contributed by atoms with van der Waals surface area (Å²) in [6.07, 6.45) is -2.11. The molecule has 51 heavy (non-hydrogen) atoms. The second kappa shape index (κ2) is 14.5. The molecule has 2 amide bonds. The van der Waals surface area contributed by atoms with Gasteiger partial charge in [0.05, 0.1) is 35.2 Å². The van der Waals surface area contributed by atoms with Crippen LogP contribution in [0.15, 0.2) is 59.4 Å². The number of fused-ring (bicyclic) bond motifs is 1. The van der Waals surface area contributed by atoms with Gasteiger partial charge in [-0.15, -0.1) is 5.10 Å². The highest BCUT2D eigenvalue weighted by atomic mass is 35.5. The predicted molar refractivity (Wildman–Crippen MR) is 182 cm³/mol. The Morgan fingerprint density at radius 3 is 2.41 bits per heavy atom. The Labute approximate surface area is 294 Å². The van der Waals surface area contributed by atoms with Crippen LogP contribution in [0, 0.1) is 0 Å². The van der Waals surface area contributed by atoms with Crippen molar-refractivity contribution in [1.29, 1.82) is 0 Å². The van der Waals surface area contributed by atoms with Gasteiger partial charge in [-0.3, -0.25) is 14.4 Å². The molecule has 0 saturated carbocycles. The molecule has 6 rings (SSSR count). The monoisotopic (exact) mass is 748 g/mol. The first kappa shape index (κ1) is 36.0. The van der Waals surface area contributed by atoms with Crippen LogP contribution in [0.2, 0.25) is 5.02 Å². The molecule has 270 valence electrons. The molecule has 0 bridgehead atoms. The number of rotatable bonds is 9. The van der Waals surface area contributed by atoms with Crippen LogP contribution < -0.4 is 20.5 Å². The first-order chi connectivity index (χ1) is 24.3. The molecule has 2 aliphatic rings. The van der Waals surface area contributed by atoms with Crippen molar-refractivity contribution in [3.05, 3.63) is 92.6 Å². The Hall–Kier alpha value is -4.78. The van der Waals surface area contributed by atoms with Gasteiger partial charge in [-0.25, -0.2) is 4.72 Å². The summed E-state index contributed by atoms with van der Waals surface area (Å²) in [6.45, 7) is 2.09. The highest BCUT2D eigenvalue weighted by molar-refractivity contribution is 7.87. The van der Waals surface area contributed by atoms with Crippen molar-refractivity contribution in [2.24, 2.45) is 0 Å². The molecule has 0 spiro atoms. The number of anilines is 2. The van der Waals surface area contributed by atoms with Crippen molar-refractivity contribution in [3.8, 4) is 0 Å². The number of nitrogens with one attached hydrogen (secondary N) is 2. The SMILES string of the molecule is CCc1c(N2CCN(S(=O)(=O)NC(=O)c3ccccc3)CC2)c(=O)n2nc(C3=CCOCC3)nc2n1CC(=O)Nc1ccc(C(F)(F)F)cc1Cl. The molecule has 2 aromatic carbocycles. The molecule has 4 heterocycles. The van der Waals surface area contributed by atoms with Gasteiger partial charge in [-0.2, -0.15) is 35.4 Å². The number of piperazine rings is 1. The van der Waals surface area contributed by atoms with E-state index in [1.807, 2.05) is 0 Å². The number of benzene rings is 2. The summed E-state index contributed by atoms with van der Waals surface area (Å²) in [5, 5.41) is 6.72. The third kappa shape index (κ3) is 7.63. The fourth-order valence-corrected chi connectivity index (χ4v) is 7.26. The van der Waals surface area contributed by atoms with Crippen LogP contribution in [-0.4, -0.2) is 83.1 Å². The van der Waals surface area contributed by atoms with Gasteiger partial charge in [0.25, 0.3) is 11.5 Å². The van der Waals surface area contributed by atoms with E-state index < -0.39 is 45.9 Å². The van der Waals surface area contributed by atoms with Gasteiger partial charge in [0.1, 0.15) is 12.2 Å². The lowest BCUT2D eigenvalue weighted by Crippen LogP contribution is -2.54. The van der Waals surface area contributed by atoms with E-state index in [-0.39, 0.29) is 66.2 Å².